The quantitative estimate of drug-likeness (QED) is 0.165. The van der Waals surface area contributed by atoms with E-state index in [0.29, 0.717) is 11.8 Å². The third-order valence-electron chi connectivity index (χ3n) is 13.2. The average Bonchev–Trinajstić information content (AvgIpc) is 3.67. The molecule has 4 aromatic rings. The Hall–Kier alpha value is -2.94. The Labute approximate surface area is 346 Å². The Morgan fingerprint density at radius 2 is 0.964 bits per heavy atom. The van der Waals surface area contributed by atoms with Crippen LogP contribution in [0.15, 0.2) is 83.9 Å². The van der Waals surface area contributed by atoms with Gasteiger partial charge in [-0.3, -0.25) is 0 Å². The molecule has 2 nitrogen and oxygen atoms in total. The van der Waals surface area contributed by atoms with E-state index < -0.39 is 29.2 Å². The van der Waals surface area contributed by atoms with Crippen molar-refractivity contribution in [2.75, 3.05) is 0 Å². The number of hydrogen-bond acceptors (Lipinski definition) is 2. The first-order chi connectivity index (χ1) is 26.2. The second kappa shape index (κ2) is 14.4. The van der Waals surface area contributed by atoms with Crippen molar-refractivity contribution in [2.24, 2.45) is 0 Å². The number of rotatable bonds is 8. The first kappa shape index (κ1) is 41.2. The Balaban J connectivity index is 1.73. The van der Waals surface area contributed by atoms with E-state index in [1.54, 1.807) is 21.5 Å². The van der Waals surface area contributed by atoms with Gasteiger partial charge in [0.2, 0.25) is 0 Å². The molecule has 2 aliphatic carbocycles. The van der Waals surface area contributed by atoms with E-state index in [2.05, 4.69) is 183 Å². The fourth-order valence-corrected chi connectivity index (χ4v) is 27.9. The molecule has 2 atom stereocenters. The third-order valence-corrected chi connectivity index (χ3v) is 26.7. The molecule has 7 rings (SSSR count). The topological polar surface area (TPSA) is 18.5 Å². The van der Waals surface area contributed by atoms with Gasteiger partial charge in [0, 0.05) is 0 Å². The summed E-state index contributed by atoms with van der Waals surface area (Å²) < 4.78 is 17.0. The summed E-state index contributed by atoms with van der Waals surface area (Å²) >= 11 is -4.88. The summed E-state index contributed by atoms with van der Waals surface area (Å²) in [5, 5.41) is 3.34. The van der Waals surface area contributed by atoms with Crippen molar-refractivity contribution < 1.29 is 26.8 Å². The molecule has 4 aromatic carbocycles. The number of fused-ring (bicyclic) bond motifs is 8. The molecule has 0 aromatic heterocycles. The van der Waals surface area contributed by atoms with Gasteiger partial charge in [0.05, 0.1) is 0 Å². The van der Waals surface area contributed by atoms with Gasteiger partial charge in [0.15, 0.2) is 0 Å². The minimum absolute atomic E-state index is 0.0785. The normalized spacial score (nSPS) is 19.7. The fraction of sp³-hybridized carbons (Fsp3) is 0.462. The maximum atomic E-state index is 8.44. The maximum absolute atomic E-state index is 8.44. The molecule has 0 fully saturated rings. The van der Waals surface area contributed by atoms with Crippen LogP contribution in [0.3, 0.4) is 0 Å². The molecule has 4 heteroatoms. The molecule has 1 heterocycles. The van der Waals surface area contributed by atoms with Gasteiger partial charge < -0.3 is 0 Å². The van der Waals surface area contributed by atoms with Gasteiger partial charge in [-0.25, -0.2) is 0 Å². The summed E-state index contributed by atoms with van der Waals surface area (Å²) in [7, 11) is -2.34. The molecule has 4 bridgehead atoms. The first-order valence-electron chi connectivity index (χ1n) is 21.5. The fourth-order valence-electron chi connectivity index (χ4n) is 10.8. The van der Waals surface area contributed by atoms with Gasteiger partial charge in [-0.15, -0.1) is 0 Å². The zero-order chi connectivity index (χ0) is 40.9. The van der Waals surface area contributed by atoms with Gasteiger partial charge >= 0.3 is 349 Å². The van der Waals surface area contributed by atoms with E-state index in [4.69, 9.17) is 5.63 Å². The van der Waals surface area contributed by atoms with Crippen LogP contribution in [0.1, 0.15) is 171 Å². The Morgan fingerprint density at radius 3 is 1.29 bits per heavy atom. The van der Waals surface area contributed by atoms with Crippen molar-refractivity contribution in [3.63, 3.8) is 0 Å². The van der Waals surface area contributed by atoms with Crippen LogP contribution < -0.4 is 5.63 Å². The molecule has 0 saturated carbocycles. The van der Waals surface area contributed by atoms with E-state index in [-0.39, 0.29) is 18.1 Å². The van der Waals surface area contributed by atoms with Crippen LogP contribution in [0.5, 0.6) is 11.5 Å². The number of allylic oxidation sites excluding steroid dienone is 2. The van der Waals surface area contributed by atoms with E-state index in [1.807, 2.05) is 0 Å². The van der Waals surface area contributed by atoms with Crippen LogP contribution in [-0.2, 0) is 32.0 Å². The predicted molar refractivity (Wildman–Crippen MR) is 239 cm³/mol. The molecule has 56 heavy (non-hydrogen) atoms. The van der Waals surface area contributed by atoms with Crippen LogP contribution in [0.2, 0.25) is 13.1 Å². The zero-order valence-electron chi connectivity index (χ0n) is 37.5. The predicted octanol–water partition coefficient (Wildman–Crippen LogP) is 15.2. The van der Waals surface area contributed by atoms with Gasteiger partial charge in [-0.05, 0) is 0 Å². The molecule has 0 spiro atoms. The molecule has 2 unspecified atom stereocenters. The van der Waals surface area contributed by atoms with Crippen molar-refractivity contribution in [2.45, 2.75) is 153 Å². The average molecular weight is 844 g/mol. The van der Waals surface area contributed by atoms with Crippen LogP contribution in [0.25, 0.3) is 10.4 Å². The van der Waals surface area contributed by atoms with Crippen LogP contribution in [0.4, 0.5) is 0 Å². The second-order valence-corrected chi connectivity index (χ2v) is 32.0. The number of benzene rings is 4. The summed E-state index contributed by atoms with van der Waals surface area (Å²) in [6.45, 7) is 38.3. The zero-order valence-corrected chi connectivity index (χ0v) is 40.9. The number of hydrogen-bond donors (Lipinski definition) is 0. The molecular formula is C52H68O2SiZr. The summed E-state index contributed by atoms with van der Waals surface area (Å²) in [5.41, 5.74) is 17.0. The number of aryl methyl sites for hydroxylation is 2. The van der Waals surface area contributed by atoms with Gasteiger partial charge in [0.25, 0.3) is 0 Å². The Bertz CT molecular complexity index is 2110. The van der Waals surface area contributed by atoms with Crippen molar-refractivity contribution in [3.8, 4) is 11.5 Å². The Morgan fingerprint density at radius 1 is 0.589 bits per heavy atom. The van der Waals surface area contributed by atoms with E-state index >= 15 is 0 Å². The molecule has 0 radical (unpaired) electrons. The van der Waals surface area contributed by atoms with Crippen molar-refractivity contribution in [1.29, 1.82) is 0 Å². The van der Waals surface area contributed by atoms with Crippen LogP contribution in [-0.4, -0.2) is 8.07 Å². The minimum atomic E-state index is -4.88. The standard InChI is InChI=1S/C30H38Si.2C11H16O.Zr/c1-9-21-17-23-13-11-15-25(19(3)4)27(23)29(21)31(7,8)30-22(10-2)18-24-14-12-16-26(20(5)6)28(24)30;2*1-8-5-6-10(12)9(7-8)11(2,3)4;/h11-20H,9-10H2,1-8H3;2*5-7,12H,1-4H3;/q;;;+2/p-2. The van der Waals surface area contributed by atoms with Gasteiger partial charge in [-0.1, -0.05) is 0 Å². The summed E-state index contributed by atoms with van der Waals surface area (Å²) in [4.78, 5) is 0. The SMILES string of the molecule is CCC1=C2c3c(C(C)C)cccc3[CH]1[Zr]([O]c1ccc(C)cc1C(C)(C)C)([O]c1ccc(C)cc1C(C)(C)C)[CH]1C(CC)=C(c3c(C(C)C)cccc31)[Si]2(C)C. The molecule has 0 amide bonds. The van der Waals surface area contributed by atoms with Crippen LogP contribution >= 0.6 is 0 Å². The van der Waals surface area contributed by atoms with E-state index in [1.165, 1.54) is 55.6 Å². The van der Waals surface area contributed by atoms with E-state index in [9.17, 15) is 0 Å². The monoisotopic (exact) mass is 842 g/mol. The van der Waals surface area contributed by atoms with Crippen molar-refractivity contribution in [3.05, 3.63) is 140 Å². The van der Waals surface area contributed by atoms with Crippen molar-refractivity contribution >= 4 is 18.5 Å². The van der Waals surface area contributed by atoms with Gasteiger partial charge in [-0.2, -0.15) is 0 Å². The molecule has 296 valence electrons. The van der Waals surface area contributed by atoms with Gasteiger partial charge in [0.1, 0.15) is 0 Å². The second-order valence-electron chi connectivity index (χ2n) is 20.4. The molecule has 1 aliphatic heterocycles. The summed E-state index contributed by atoms with van der Waals surface area (Å²) in [6, 6.07) is 28.4. The summed E-state index contributed by atoms with van der Waals surface area (Å²) in [6.07, 6.45) is 1.98. The third kappa shape index (κ3) is 6.43. The van der Waals surface area contributed by atoms with E-state index in [0.717, 1.165) is 24.3 Å². The molecule has 0 saturated heterocycles. The molecule has 0 N–H and O–H groups in total. The van der Waals surface area contributed by atoms with Crippen LogP contribution in [0, 0.1) is 13.8 Å². The Kier molecular flexibility index (Phi) is 10.6. The summed E-state index contributed by atoms with van der Waals surface area (Å²) in [5.74, 6) is 2.82. The van der Waals surface area contributed by atoms with Crippen molar-refractivity contribution in [1.82, 2.24) is 0 Å². The molecular weight excluding hydrogens is 776 g/mol. The molecule has 3 aliphatic rings. The first-order valence-corrected chi connectivity index (χ1v) is 29.4.